The number of carbonyl (C=O) groups excluding carboxylic acids is 1. The highest BCUT2D eigenvalue weighted by Gasteiger charge is 2.35. The molecule has 0 aromatic heterocycles. The van der Waals surface area contributed by atoms with Crippen molar-refractivity contribution >= 4 is 40.7 Å². The maximum absolute atomic E-state index is 13.4. The van der Waals surface area contributed by atoms with Crippen LogP contribution in [0.5, 0.6) is 0 Å². The van der Waals surface area contributed by atoms with Crippen LogP contribution in [0.4, 0.5) is 17.1 Å². The monoisotopic (exact) mass is 513 g/mol. The lowest BCUT2D eigenvalue weighted by molar-refractivity contribution is -0.129. The third-order valence-electron chi connectivity index (χ3n) is 7.18. The van der Waals surface area contributed by atoms with Crippen molar-refractivity contribution in [3.05, 3.63) is 119 Å². The van der Waals surface area contributed by atoms with Crippen LogP contribution in [0.1, 0.15) is 23.1 Å². The third-order valence-corrected chi connectivity index (χ3v) is 7.18. The molecular formula is C33H27N3O3. The van der Waals surface area contributed by atoms with Gasteiger partial charge in [-0.25, -0.2) is 4.79 Å². The predicted octanol–water partition coefficient (Wildman–Crippen LogP) is 6.62. The smallest absolute Gasteiger partial charge is 0.357 e. The molecule has 0 radical (unpaired) electrons. The molecule has 39 heavy (non-hydrogen) atoms. The van der Waals surface area contributed by atoms with Crippen LogP contribution in [0.15, 0.2) is 108 Å². The molecule has 0 aliphatic carbocycles. The van der Waals surface area contributed by atoms with E-state index in [-0.39, 0.29) is 11.3 Å². The zero-order chi connectivity index (χ0) is 26.9. The predicted molar refractivity (Wildman–Crippen MR) is 155 cm³/mol. The first-order valence-corrected chi connectivity index (χ1v) is 13.0. The Morgan fingerprint density at radius 2 is 1.56 bits per heavy atom. The van der Waals surface area contributed by atoms with Crippen LogP contribution < -0.4 is 9.91 Å². The van der Waals surface area contributed by atoms with Gasteiger partial charge in [0.2, 0.25) is 0 Å². The number of carbonyl (C=O) groups is 2. The van der Waals surface area contributed by atoms with Gasteiger partial charge in [0.15, 0.2) is 5.71 Å². The Labute approximate surface area is 227 Å². The molecule has 0 atom stereocenters. The summed E-state index contributed by atoms with van der Waals surface area (Å²) in [6.07, 6.45) is 3.57. The van der Waals surface area contributed by atoms with E-state index in [0.717, 1.165) is 47.5 Å². The highest BCUT2D eigenvalue weighted by Crippen LogP contribution is 2.35. The van der Waals surface area contributed by atoms with Gasteiger partial charge in [0.25, 0.3) is 5.91 Å². The minimum absolute atomic E-state index is 0.0702. The van der Waals surface area contributed by atoms with Crippen LogP contribution in [-0.2, 0) is 16.0 Å². The molecule has 6 heteroatoms. The number of amides is 1. The number of hydrazone groups is 1. The van der Waals surface area contributed by atoms with E-state index in [1.54, 1.807) is 18.2 Å². The maximum Gasteiger partial charge on any atom is 0.357 e. The van der Waals surface area contributed by atoms with E-state index in [4.69, 9.17) is 0 Å². The molecule has 4 aromatic carbocycles. The maximum atomic E-state index is 13.4. The van der Waals surface area contributed by atoms with E-state index in [0.29, 0.717) is 5.69 Å². The second-order valence-corrected chi connectivity index (χ2v) is 9.82. The summed E-state index contributed by atoms with van der Waals surface area (Å²) in [4.78, 5) is 27.8. The van der Waals surface area contributed by atoms with Gasteiger partial charge in [-0.2, -0.15) is 10.1 Å². The van der Waals surface area contributed by atoms with Crippen molar-refractivity contribution in [1.29, 1.82) is 0 Å². The standard InChI is InChI=1S/C33H27N3O3/c1-22-9-14-27(15-10-22)35-19-5-8-26-20-23(11-18-30(26)35)21-29-31(33(38)39)34-36(32(29)37)28-16-12-25(13-17-28)24-6-3-2-4-7-24/h2-4,6-7,9-18,20-21H,5,8,19H2,1H3,(H,38,39). The van der Waals surface area contributed by atoms with Crippen molar-refractivity contribution in [3.63, 3.8) is 0 Å². The first kappa shape index (κ1) is 24.4. The molecule has 0 unspecified atom stereocenters. The average Bonchev–Trinajstić information content (AvgIpc) is 3.29. The number of carboxylic acids is 1. The van der Waals surface area contributed by atoms with E-state index in [1.165, 1.54) is 16.1 Å². The van der Waals surface area contributed by atoms with Gasteiger partial charge < -0.3 is 10.0 Å². The Balaban J connectivity index is 1.30. The molecule has 2 aliphatic rings. The molecular weight excluding hydrogens is 486 g/mol. The van der Waals surface area contributed by atoms with Crippen LogP contribution in [-0.4, -0.2) is 29.2 Å². The number of aliphatic carboxylic acids is 1. The van der Waals surface area contributed by atoms with E-state index in [2.05, 4.69) is 47.3 Å². The fraction of sp³-hybridized carbons (Fsp3) is 0.121. The lowest BCUT2D eigenvalue weighted by Gasteiger charge is -2.31. The quantitative estimate of drug-likeness (QED) is 0.305. The SMILES string of the molecule is Cc1ccc(N2CCCc3cc(C=C4C(=O)N(c5ccc(-c6ccccc6)cc5)N=C4C(=O)O)ccc32)cc1. The Hall–Kier alpha value is -4.97. The molecule has 0 fully saturated rings. The van der Waals surface area contributed by atoms with E-state index < -0.39 is 11.9 Å². The topological polar surface area (TPSA) is 73.2 Å². The molecule has 4 aromatic rings. The van der Waals surface area contributed by atoms with Crippen molar-refractivity contribution < 1.29 is 14.7 Å². The number of fused-ring (bicyclic) bond motifs is 1. The van der Waals surface area contributed by atoms with Gasteiger partial charge in [-0.1, -0.05) is 66.2 Å². The first-order chi connectivity index (χ1) is 19.0. The Bertz CT molecular complexity index is 1620. The molecule has 1 amide bonds. The molecule has 6 rings (SSSR count). The first-order valence-electron chi connectivity index (χ1n) is 13.0. The fourth-order valence-corrected chi connectivity index (χ4v) is 5.17. The summed E-state index contributed by atoms with van der Waals surface area (Å²) >= 11 is 0. The second kappa shape index (κ2) is 10.1. The van der Waals surface area contributed by atoms with Gasteiger partial charge >= 0.3 is 5.97 Å². The molecule has 6 nitrogen and oxygen atoms in total. The molecule has 0 saturated heterocycles. The van der Waals surface area contributed by atoms with Crippen LogP contribution in [0.25, 0.3) is 17.2 Å². The molecule has 2 heterocycles. The number of benzene rings is 4. The Kier molecular flexibility index (Phi) is 6.29. The van der Waals surface area contributed by atoms with Gasteiger partial charge in [-0.3, -0.25) is 4.79 Å². The van der Waals surface area contributed by atoms with Gasteiger partial charge in [-0.05, 0) is 84.5 Å². The number of rotatable bonds is 5. The van der Waals surface area contributed by atoms with Crippen molar-refractivity contribution in [1.82, 2.24) is 0 Å². The minimum atomic E-state index is -1.23. The highest BCUT2D eigenvalue weighted by atomic mass is 16.4. The number of hydrogen-bond donors (Lipinski definition) is 1. The molecule has 1 N–H and O–H groups in total. The summed E-state index contributed by atoms with van der Waals surface area (Å²) in [5, 5.41) is 15.2. The largest absolute Gasteiger partial charge is 0.476 e. The Morgan fingerprint density at radius 1 is 0.872 bits per heavy atom. The Morgan fingerprint density at radius 3 is 2.28 bits per heavy atom. The summed E-state index contributed by atoms with van der Waals surface area (Å²) in [5.41, 5.74) is 7.83. The summed E-state index contributed by atoms with van der Waals surface area (Å²) in [7, 11) is 0. The normalized spacial score (nSPS) is 15.9. The van der Waals surface area contributed by atoms with Crippen molar-refractivity contribution in [2.45, 2.75) is 19.8 Å². The summed E-state index contributed by atoms with van der Waals surface area (Å²) in [6.45, 7) is 3.01. The van der Waals surface area contributed by atoms with Gasteiger partial charge in [0.1, 0.15) is 0 Å². The lowest BCUT2D eigenvalue weighted by Crippen LogP contribution is -2.24. The highest BCUT2D eigenvalue weighted by molar-refractivity contribution is 6.53. The second-order valence-electron chi connectivity index (χ2n) is 9.82. The third kappa shape index (κ3) is 4.73. The molecule has 2 aliphatic heterocycles. The molecule has 0 bridgehead atoms. The van der Waals surface area contributed by atoms with E-state index in [9.17, 15) is 14.7 Å². The summed E-state index contributed by atoms with van der Waals surface area (Å²) in [6, 6.07) is 31.8. The lowest BCUT2D eigenvalue weighted by atomic mass is 9.97. The fourth-order valence-electron chi connectivity index (χ4n) is 5.17. The summed E-state index contributed by atoms with van der Waals surface area (Å²) < 4.78 is 0. The van der Waals surface area contributed by atoms with Crippen LogP contribution in [0, 0.1) is 6.92 Å². The molecule has 0 spiro atoms. The van der Waals surface area contributed by atoms with E-state index >= 15 is 0 Å². The van der Waals surface area contributed by atoms with Crippen LogP contribution in [0.3, 0.4) is 0 Å². The van der Waals surface area contributed by atoms with Gasteiger partial charge in [0.05, 0.1) is 11.3 Å². The number of anilines is 3. The number of hydrogen-bond acceptors (Lipinski definition) is 4. The van der Waals surface area contributed by atoms with Gasteiger partial charge in [-0.15, -0.1) is 0 Å². The van der Waals surface area contributed by atoms with Crippen molar-refractivity contribution in [3.8, 4) is 11.1 Å². The zero-order valence-corrected chi connectivity index (χ0v) is 21.5. The minimum Gasteiger partial charge on any atom is -0.476 e. The number of aryl methyl sites for hydroxylation is 2. The average molecular weight is 514 g/mol. The number of nitrogens with zero attached hydrogens (tertiary/aromatic N) is 3. The zero-order valence-electron chi connectivity index (χ0n) is 21.5. The van der Waals surface area contributed by atoms with Crippen LogP contribution >= 0.6 is 0 Å². The van der Waals surface area contributed by atoms with Crippen molar-refractivity contribution in [2.24, 2.45) is 5.10 Å². The van der Waals surface area contributed by atoms with Crippen LogP contribution in [0.2, 0.25) is 0 Å². The van der Waals surface area contributed by atoms with Gasteiger partial charge in [0, 0.05) is 17.9 Å². The van der Waals surface area contributed by atoms with E-state index in [1.807, 2.05) is 54.6 Å². The van der Waals surface area contributed by atoms with Crippen molar-refractivity contribution in [2.75, 3.05) is 16.5 Å². The number of carboxylic acid groups (broad SMARTS) is 1. The summed E-state index contributed by atoms with van der Waals surface area (Å²) in [5.74, 6) is -1.69. The molecule has 0 saturated carbocycles. The molecule has 192 valence electrons.